The first-order valence-corrected chi connectivity index (χ1v) is 9.98. The lowest BCUT2D eigenvalue weighted by atomic mass is 9.94. The lowest BCUT2D eigenvalue weighted by Gasteiger charge is -2.44. The molecule has 6 heteroatoms. The van der Waals surface area contributed by atoms with Crippen molar-refractivity contribution in [3.05, 3.63) is 35.9 Å². The zero-order valence-electron chi connectivity index (χ0n) is 13.8. The van der Waals surface area contributed by atoms with Gasteiger partial charge in [0.1, 0.15) is 10.4 Å². The van der Waals surface area contributed by atoms with E-state index in [2.05, 4.69) is 9.80 Å². The van der Waals surface area contributed by atoms with Crippen LogP contribution in [0.25, 0.3) is 0 Å². The molecule has 0 bridgehead atoms. The quantitative estimate of drug-likeness (QED) is 0.806. The molecule has 0 radical (unpaired) electrons. The molecule has 1 aromatic carbocycles. The Morgan fingerprint density at radius 3 is 2.62 bits per heavy atom. The largest absolute Gasteiger partial charge is 0.480 e. The Labute approximate surface area is 153 Å². The summed E-state index contributed by atoms with van der Waals surface area (Å²) in [7, 11) is 0. The molecule has 24 heavy (non-hydrogen) atoms. The number of hydrogen-bond acceptors (Lipinski definition) is 4. The second-order valence-corrected chi connectivity index (χ2v) is 8.15. The average Bonchev–Trinajstić information content (AvgIpc) is 2.62. The van der Waals surface area contributed by atoms with Gasteiger partial charge >= 0.3 is 5.97 Å². The smallest absolute Gasteiger partial charge is 0.321 e. The summed E-state index contributed by atoms with van der Waals surface area (Å²) in [6.07, 6.45) is 6.68. The van der Waals surface area contributed by atoms with Crippen molar-refractivity contribution in [2.24, 2.45) is 0 Å². The van der Waals surface area contributed by atoms with Gasteiger partial charge in [0.2, 0.25) is 0 Å². The van der Waals surface area contributed by atoms with Gasteiger partial charge in [-0.25, -0.2) is 0 Å². The molecule has 1 aromatic rings. The number of benzene rings is 1. The third-order valence-electron chi connectivity index (χ3n) is 4.94. The summed E-state index contributed by atoms with van der Waals surface area (Å²) in [5, 5.41) is 9.75. The molecule has 1 saturated heterocycles. The summed E-state index contributed by atoms with van der Waals surface area (Å²) in [6.45, 7) is 0.639. The van der Waals surface area contributed by atoms with Crippen LogP contribution in [-0.2, 0) is 11.2 Å². The van der Waals surface area contributed by atoms with Gasteiger partial charge in [-0.15, -0.1) is 0 Å². The van der Waals surface area contributed by atoms with Crippen LogP contribution in [0.1, 0.15) is 37.7 Å². The SMILES string of the molecule is O=C(O)[C@@H](Cc1ccccc1)N1CSC(=S)N(C2CCCCC2)C1. The van der Waals surface area contributed by atoms with Crippen molar-refractivity contribution >= 4 is 34.3 Å². The molecule has 1 aliphatic heterocycles. The standard InChI is InChI=1S/C18H24N2O2S2/c21-17(22)16(11-14-7-3-1-4-8-14)19-12-20(18(23)24-13-19)15-9-5-2-6-10-15/h1,3-4,7-8,15-16H,2,5-6,9-13H2,(H,21,22)/t16-/m1/s1. The fourth-order valence-corrected chi connectivity index (χ4v) is 4.85. The van der Waals surface area contributed by atoms with E-state index in [1.807, 2.05) is 30.3 Å². The van der Waals surface area contributed by atoms with Crippen LogP contribution in [0.4, 0.5) is 0 Å². The molecular weight excluding hydrogens is 340 g/mol. The summed E-state index contributed by atoms with van der Waals surface area (Å²) in [6, 6.07) is 9.85. The molecule has 1 atom stereocenters. The fourth-order valence-electron chi connectivity index (χ4n) is 3.57. The molecule has 1 aliphatic carbocycles. The number of hydrogen-bond donors (Lipinski definition) is 1. The monoisotopic (exact) mass is 364 g/mol. The predicted molar refractivity (Wildman–Crippen MR) is 102 cm³/mol. The number of aliphatic carboxylic acids is 1. The maximum Gasteiger partial charge on any atom is 0.321 e. The van der Waals surface area contributed by atoms with Crippen molar-refractivity contribution < 1.29 is 9.90 Å². The maximum absolute atomic E-state index is 11.9. The maximum atomic E-state index is 11.9. The van der Waals surface area contributed by atoms with Crippen LogP contribution in [0.5, 0.6) is 0 Å². The second kappa shape index (κ2) is 8.32. The number of carboxylic acids is 1. The predicted octanol–water partition coefficient (Wildman–Crippen LogP) is 3.57. The van der Waals surface area contributed by atoms with Crippen LogP contribution in [0.15, 0.2) is 30.3 Å². The Kier molecular flexibility index (Phi) is 6.14. The van der Waals surface area contributed by atoms with E-state index in [1.165, 1.54) is 32.1 Å². The van der Waals surface area contributed by atoms with Gasteiger partial charge in [0.25, 0.3) is 0 Å². The van der Waals surface area contributed by atoms with E-state index < -0.39 is 12.0 Å². The Balaban J connectivity index is 1.70. The van der Waals surface area contributed by atoms with Gasteiger partial charge in [-0.2, -0.15) is 0 Å². The van der Waals surface area contributed by atoms with Crippen molar-refractivity contribution in [2.45, 2.75) is 50.6 Å². The highest BCUT2D eigenvalue weighted by molar-refractivity contribution is 8.22. The van der Waals surface area contributed by atoms with Crippen LogP contribution in [-0.4, -0.2) is 49.8 Å². The number of rotatable bonds is 5. The minimum Gasteiger partial charge on any atom is -0.480 e. The molecule has 1 heterocycles. The van der Waals surface area contributed by atoms with Crippen molar-refractivity contribution in [1.29, 1.82) is 0 Å². The average molecular weight is 365 g/mol. The molecule has 4 nitrogen and oxygen atoms in total. The molecule has 130 valence electrons. The first kappa shape index (κ1) is 17.7. The van der Waals surface area contributed by atoms with Gasteiger partial charge < -0.3 is 10.0 Å². The molecule has 1 saturated carbocycles. The van der Waals surface area contributed by atoms with Gasteiger partial charge in [-0.05, 0) is 24.8 Å². The van der Waals surface area contributed by atoms with Crippen LogP contribution < -0.4 is 0 Å². The fraction of sp³-hybridized carbons (Fsp3) is 0.556. The first-order valence-electron chi connectivity index (χ1n) is 8.59. The first-order chi connectivity index (χ1) is 11.6. The van der Waals surface area contributed by atoms with Gasteiger partial charge in [0.05, 0.1) is 12.5 Å². The van der Waals surface area contributed by atoms with E-state index >= 15 is 0 Å². The highest BCUT2D eigenvalue weighted by Gasteiger charge is 2.34. The van der Waals surface area contributed by atoms with Gasteiger partial charge in [-0.3, -0.25) is 9.69 Å². The topological polar surface area (TPSA) is 43.8 Å². The van der Waals surface area contributed by atoms with E-state index in [4.69, 9.17) is 12.2 Å². The van der Waals surface area contributed by atoms with Gasteiger partial charge in [-0.1, -0.05) is 73.6 Å². The van der Waals surface area contributed by atoms with Crippen molar-refractivity contribution in [2.75, 3.05) is 12.5 Å². The van der Waals surface area contributed by atoms with Crippen LogP contribution in [0, 0.1) is 0 Å². The lowest BCUT2D eigenvalue weighted by molar-refractivity contribution is -0.143. The molecule has 0 unspecified atom stereocenters. The molecule has 1 N–H and O–H groups in total. The number of carboxylic acid groups (broad SMARTS) is 1. The normalized spacial score (nSPS) is 21.7. The van der Waals surface area contributed by atoms with E-state index in [1.54, 1.807) is 11.8 Å². The third kappa shape index (κ3) is 4.29. The molecule has 0 spiro atoms. The Morgan fingerprint density at radius 2 is 1.96 bits per heavy atom. The van der Waals surface area contributed by atoms with Gasteiger partial charge in [0, 0.05) is 6.04 Å². The zero-order valence-corrected chi connectivity index (χ0v) is 15.4. The molecule has 3 rings (SSSR count). The summed E-state index contributed by atoms with van der Waals surface area (Å²) in [4.78, 5) is 16.2. The second-order valence-electron chi connectivity index (χ2n) is 6.57. The number of nitrogens with zero attached hydrogens (tertiary/aromatic N) is 2. The molecule has 2 fully saturated rings. The molecule has 0 aromatic heterocycles. The number of carbonyl (C=O) groups is 1. The van der Waals surface area contributed by atoms with Crippen molar-refractivity contribution in [3.63, 3.8) is 0 Å². The number of thioether (sulfide) groups is 1. The highest BCUT2D eigenvalue weighted by Crippen LogP contribution is 2.30. The third-order valence-corrected chi connectivity index (χ3v) is 6.47. The highest BCUT2D eigenvalue weighted by atomic mass is 32.2. The van der Waals surface area contributed by atoms with E-state index in [9.17, 15) is 9.90 Å². The van der Waals surface area contributed by atoms with E-state index in [0.29, 0.717) is 25.0 Å². The summed E-state index contributed by atoms with van der Waals surface area (Å²) in [5.41, 5.74) is 1.06. The van der Waals surface area contributed by atoms with Crippen LogP contribution in [0.2, 0.25) is 0 Å². The van der Waals surface area contributed by atoms with Crippen molar-refractivity contribution in [1.82, 2.24) is 9.80 Å². The molecule has 0 amide bonds. The van der Waals surface area contributed by atoms with Crippen LogP contribution in [0.3, 0.4) is 0 Å². The summed E-state index contributed by atoms with van der Waals surface area (Å²) >= 11 is 7.16. The zero-order chi connectivity index (χ0) is 16.9. The number of thiocarbonyl (C=S) groups is 1. The Hall–Kier alpha value is -1.11. The summed E-state index contributed by atoms with van der Waals surface area (Å²) < 4.78 is 0.932. The van der Waals surface area contributed by atoms with E-state index in [0.717, 1.165) is 9.88 Å². The lowest BCUT2D eigenvalue weighted by Crippen LogP contribution is -2.55. The minimum atomic E-state index is -0.754. The van der Waals surface area contributed by atoms with E-state index in [-0.39, 0.29) is 0 Å². The minimum absolute atomic E-state index is 0.479. The molecular formula is C18H24N2O2S2. The van der Waals surface area contributed by atoms with Crippen LogP contribution >= 0.6 is 24.0 Å². The van der Waals surface area contributed by atoms with Crippen molar-refractivity contribution in [3.8, 4) is 0 Å². The Morgan fingerprint density at radius 1 is 1.25 bits per heavy atom. The Bertz CT molecular complexity index is 576. The summed E-state index contributed by atoms with van der Waals surface area (Å²) in [5.74, 6) is -0.0952. The molecule has 2 aliphatic rings. The van der Waals surface area contributed by atoms with Gasteiger partial charge in [0.15, 0.2) is 0 Å².